The predicted molar refractivity (Wildman–Crippen MR) is 84.3 cm³/mol. The van der Waals surface area contributed by atoms with Gasteiger partial charge in [-0.25, -0.2) is 0 Å². The van der Waals surface area contributed by atoms with Gasteiger partial charge in [-0.15, -0.1) is 0 Å². The molecule has 21 heavy (non-hydrogen) atoms. The Balaban J connectivity index is 2.03. The Labute approximate surface area is 129 Å². The fraction of sp³-hybridized carbons (Fsp3) is 0.938. The molecule has 122 valence electrons. The van der Waals surface area contributed by atoms with Crippen molar-refractivity contribution in [2.24, 2.45) is 5.41 Å². The Morgan fingerprint density at radius 3 is 2.24 bits per heavy atom. The molecule has 0 atom stereocenters. The molecular weight excluding hydrogens is 266 g/mol. The molecule has 2 aliphatic heterocycles. The van der Waals surface area contributed by atoms with Crippen molar-refractivity contribution in [1.82, 2.24) is 15.1 Å². The van der Waals surface area contributed by atoms with Crippen LogP contribution in [0.15, 0.2) is 0 Å². The molecule has 0 aromatic rings. The molecule has 0 aliphatic carbocycles. The van der Waals surface area contributed by atoms with Crippen molar-refractivity contribution in [2.75, 3.05) is 53.0 Å². The van der Waals surface area contributed by atoms with Gasteiger partial charge in [0.1, 0.15) is 0 Å². The summed E-state index contributed by atoms with van der Waals surface area (Å²) < 4.78 is 5.50. The summed E-state index contributed by atoms with van der Waals surface area (Å²) in [6.07, 6.45) is 2.24. The summed E-state index contributed by atoms with van der Waals surface area (Å²) in [5.74, 6) is 0.147. The number of nitrogens with one attached hydrogen (secondary N) is 1. The molecule has 5 nitrogen and oxygen atoms in total. The Morgan fingerprint density at radius 2 is 1.71 bits per heavy atom. The lowest BCUT2D eigenvalue weighted by Gasteiger charge is -2.50. The molecule has 2 rings (SSSR count). The number of amides is 1. The largest absolute Gasteiger partial charge is 0.379 e. The summed E-state index contributed by atoms with van der Waals surface area (Å²) in [6.45, 7) is 12.5. The molecule has 0 aromatic carbocycles. The van der Waals surface area contributed by atoms with Crippen LogP contribution in [0, 0.1) is 5.41 Å². The van der Waals surface area contributed by atoms with Crippen molar-refractivity contribution < 1.29 is 9.53 Å². The second-order valence-corrected chi connectivity index (χ2v) is 7.56. The fourth-order valence-electron chi connectivity index (χ4n) is 3.19. The van der Waals surface area contributed by atoms with Gasteiger partial charge in [0.15, 0.2) is 0 Å². The number of carbonyl (C=O) groups excluding carboxylic acids is 1. The molecule has 0 saturated carbocycles. The third kappa shape index (κ3) is 4.18. The monoisotopic (exact) mass is 297 g/mol. The number of likely N-dealkylation sites (tertiary alicyclic amines) is 1. The van der Waals surface area contributed by atoms with E-state index in [4.69, 9.17) is 4.74 Å². The van der Waals surface area contributed by atoms with Crippen LogP contribution in [-0.2, 0) is 9.53 Å². The predicted octanol–water partition coefficient (Wildman–Crippen LogP) is 0.945. The lowest BCUT2D eigenvalue weighted by Crippen LogP contribution is -2.63. The molecule has 2 aliphatic rings. The van der Waals surface area contributed by atoms with E-state index in [0.717, 1.165) is 58.8 Å². The van der Waals surface area contributed by atoms with Crippen LogP contribution in [0.5, 0.6) is 0 Å². The van der Waals surface area contributed by atoms with E-state index in [-0.39, 0.29) is 16.9 Å². The molecule has 0 aromatic heterocycles. The van der Waals surface area contributed by atoms with Gasteiger partial charge in [0, 0.05) is 30.6 Å². The number of rotatable bonds is 3. The molecular formula is C16H31N3O2. The second kappa shape index (κ2) is 6.63. The average molecular weight is 297 g/mol. The lowest BCUT2D eigenvalue weighted by molar-refractivity contribution is -0.130. The van der Waals surface area contributed by atoms with Crippen molar-refractivity contribution in [3.8, 4) is 0 Å². The molecule has 0 radical (unpaired) electrons. The molecule has 5 heteroatoms. The van der Waals surface area contributed by atoms with Crippen LogP contribution in [0.4, 0.5) is 0 Å². The highest BCUT2D eigenvalue weighted by Crippen LogP contribution is 2.29. The van der Waals surface area contributed by atoms with Gasteiger partial charge < -0.3 is 15.0 Å². The minimum atomic E-state index is -0.322. The molecule has 2 fully saturated rings. The van der Waals surface area contributed by atoms with E-state index in [9.17, 15) is 4.79 Å². The van der Waals surface area contributed by atoms with Crippen molar-refractivity contribution in [1.29, 1.82) is 0 Å². The van der Waals surface area contributed by atoms with Crippen LogP contribution < -0.4 is 5.32 Å². The van der Waals surface area contributed by atoms with E-state index in [2.05, 4.69) is 22.2 Å². The zero-order valence-corrected chi connectivity index (χ0v) is 14.1. The highest BCUT2D eigenvalue weighted by atomic mass is 16.5. The first-order valence-electron chi connectivity index (χ1n) is 8.13. The molecule has 1 N–H and O–H groups in total. The first kappa shape index (κ1) is 16.7. The number of piperidine rings is 1. The molecule has 2 heterocycles. The number of carbonyl (C=O) groups is 1. The number of morpholine rings is 1. The summed E-state index contributed by atoms with van der Waals surface area (Å²) in [6, 6.07) is 0. The Hall–Kier alpha value is -0.650. The van der Waals surface area contributed by atoms with Crippen molar-refractivity contribution >= 4 is 5.91 Å². The third-order valence-electron chi connectivity index (χ3n) is 4.86. The smallest absolute Gasteiger partial charge is 0.225 e. The minimum Gasteiger partial charge on any atom is -0.379 e. The van der Waals surface area contributed by atoms with Crippen molar-refractivity contribution in [3.05, 3.63) is 0 Å². The van der Waals surface area contributed by atoms with E-state index in [1.807, 2.05) is 20.8 Å². The summed E-state index contributed by atoms with van der Waals surface area (Å²) in [4.78, 5) is 17.2. The first-order chi connectivity index (χ1) is 9.83. The van der Waals surface area contributed by atoms with Gasteiger partial charge in [-0.05, 0) is 33.0 Å². The van der Waals surface area contributed by atoms with E-state index in [1.54, 1.807) is 0 Å². The zero-order chi connectivity index (χ0) is 15.5. The van der Waals surface area contributed by atoms with Crippen LogP contribution in [0.3, 0.4) is 0 Å². The maximum absolute atomic E-state index is 12.2. The van der Waals surface area contributed by atoms with Crippen LogP contribution >= 0.6 is 0 Å². The lowest BCUT2D eigenvalue weighted by atomic mass is 9.84. The normalized spacial score (nSPS) is 24.8. The van der Waals surface area contributed by atoms with E-state index in [0.29, 0.717) is 0 Å². The quantitative estimate of drug-likeness (QED) is 0.842. The van der Waals surface area contributed by atoms with Gasteiger partial charge in [0.2, 0.25) is 5.91 Å². The van der Waals surface area contributed by atoms with Crippen LogP contribution in [0.2, 0.25) is 0 Å². The van der Waals surface area contributed by atoms with Gasteiger partial charge in [-0.2, -0.15) is 0 Å². The fourth-order valence-corrected chi connectivity index (χ4v) is 3.19. The standard InChI is InChI=1S/C16H31N3O2/c1-15(2,3)14(20)17-13-16(5-7-18(4)8-6-16)19-9-11-21-12-10-19/h5-13H2,1-4H3,(H,17,20). The molecule has 0 bridgehead atoms. The van der Waals surface area contributed by atoms with Crippen molar-refractivity contribution in [2.45, 2.75) is 39.2 Å². The third-order valence-corrected chi connectivity index (χ3v) is 4.86. The maximum Gasteiger partial charge on any atom is 0.225 e. The van der Waals surface area contributed by atoms with E-state index < -0.39 is 0 Å². The van der Waals surface area contributed by atoms with Gasteiger partial charge in [0.05, 0.1) is 13.2 Å². The molecule has 1 amide bonds. The summed E-state index contributed by atoms with van der Waals surface area (Å²) >= 11 is 0. The van der Waals surface area contributed by atoms with Crippen LogP contribution in [0.25, 0.3) is 0 Å². The highest BCUT2D eigenvalue weighted by molar-refractivity contribution is 5.81. The van der Waals surface area contributed by atoms with E-state index in [1.165, 1.54) is 0 Å². The number of hydrogen-bond donors (Lipinski definition) is 1. The van der Waals surface area contributed by atoms with Crippen LogP contribution in [0.1, 0.15) is 33.6 Å². The summed E-state index contributed by atoms with van der Waals surface area (Å²) in [7, 11) is 2.18. The van der Waals surface area contributed by atoms with Crippen LogP contribution in [-0.4, -0.2) is 74.2 Å². The second-order valence-electron chi connectivity index (χ2n) is 7.56. The Morgan fingerprint density at radius 1 is 1.14 bits per heavy atom. The topological polar surface area (TPSA) is 44.8 Å². The average Bonchev–Trinajstić information content (AvgIpc) is 2.47. The zero-order valence-electron chi connectivity index (χ0n) is 14.1. The van der Waals surface area contributed by atoms with Gasteiger partial charge in [-0.3, -0.25) is 9.69 Å². The van der Waals surface area contributed by atoms with Gasteiger partial charge >= 0.3 is 0 Å². The molecule has 0 spiro atoms. The summed E-state index contributed by atoms with van der Waals surface area (Å²) in [5.41, 5.74) is -0.213. The number of nitrogens with zero attached hydrogens (tertiary/aromatic N) is 2. The molecule has 0 unspecified atom stereocenters. The number of ether oxygens (including phenoxy) is 1. The van der Waals surface area contributed by atoms with Crippen molar-refractivity contribution in [3.63, 3.8) is 0 Å². The maximum atomic E-state index is 12.2. The Kier molecular flexibility index (Phi) is 5.28. The summed E-state index contributed by atoms with van der Waals surface area (Å²) in [5, 5.41) is 3.21. The van der Waals surface area contributed by atoms with E-state index >= 15 is 0 Å². The Bertz CT molecular complexity index is 351. The van der Waals surface area contributed by atoms with Gasteiger partial charge in [0.25, 0.3) is 0 Å². The molecule has 2 saturated heterocycles. The highest BCUT2D eigenvalue weighted by Gasteiger charge is 2.40. The minimum absolute atomic E-state index is 0.108. The number of hydrogen-bond acceptors (Lipinski definition) is 4. The SMILES string of the molecule is CN1CCC(CNC(=O)C(C)(C)C)(N2CCOCC2)CC1. The van der Waals surface area contributed by atoms with Gasteiger partial charge in [-0.1, -0.05) is 20.8 Å². The first-order valence-corrected chi connectivity index (χ1v) is 8.13.